The zero-order chi connectivity index (χ0) is 18.9. The maximum absolute atomic E-state index is 12.3. The van der Waals surface area contributed by atoms with Crippen molar-refractivity contribution in [3.05, 3.63) is 65.7 Å². The number of aldehydes is 1. The maximum atomic E-state index is 12.3. The Morgan fingerprint density at radius 2 is 1.88 bits per heavy atom. The monoisotopic (exact) mass is 362 g/mol. The Kier molecular flexibility index (Phi) is 4.41. The van der Waals surface area contributed by atoms with E-state index in [2.05, 4.69) is 16.4 Å². The fraction of sp³-hybridized carbons (Fsp3) is 0.111. The number of hydrazone groups is 1. The topological polar surface area (TPSA) is 62.1 Å². The van der Waals surface area contributed by atoms with E-state index in [9.17, 15) is 23.1 Å². The third-order valence-corrected chi connectivity index (χ3v) is 3.80. The number of aliphatic hydroxyl groups is 1. The molecule has 0 spiro atoms. The molecule has 1 aliphatic rings. The van der Waals surface area contributed by atoms with Gasteiger partial charge in [-0.3, -0.25) is 0 Å². The van der Waals surface area contributed by atoms with Gasteiger partial charge in [-0.1, -0.05) is 18.7 Å². The number of fused-ring (bicyclic) bond motifs is 1. The van der Waals surface area contributed by atoms with Crippen molar-refractivity contribution < 1.29 is 27.8 Å². The standard InChI is InChI=1S/C18H13F3N2O3/c1-2-11-3-8-14-15(9-11)16(10-24)23(22-17(14)25)12-4-6-13(7-5-12)26-18(19,20)21/h2-10,16H,1H2,(H,22,25). The van der Waals surface area contributed by atoms with Crippen molar-refractivity contribution in [1.29, 1.82) is 0 Å². The molecule has 5 nitrogen and oxygen atoms in total. The van der Waals surface area contributed by atoms with Crippen LogP contribution in [-0.2, 0) is 4.79 Å². The number of anilines is 1. The van der Waals surface area contributed by atoms with Crippen molar-refractivity contribution in [2.24, 2.45) is 5.10 Å². The Morgan fingerprint density at radius 3 is 2.46 bits per heavy atom. The van der Waals surface area contributed by atoms with E-state index in [0.717, 1.165) is 17.7 Å². The lowest BCUT2D eigenvalue weighted by Gasteiger charge is -2.31. The highest BCUT2D eigenvalue weighted by Gasteiger charge is 2.32. The van der Waals surface area contributed by atoms with Crippen LogP contribution in [0.5, 0.6) is 5.75 Å². The summed E-state index contributed by atoms with van der Waals surface area (Å²) in [4.78, 5) is 11.7. The first-order chi connectivity index (χ1) is 12.3. The smallest absolute Gasteiger partial charge is 0.492 e. The van der Waals surface area contributed by atoms with Gasteiger partial charge in [0.25, 0.3) is 0 Å². The van der Waals surface area contributed by atoms with Crippen molar-refractivity contribution in [2.45, 2.75) is 12.4 Å². The summed E-state index contributed by atoms with van der Waals surface area (Å²) in [5.41, 5.74) is 1.98. The second-order valence-electron chi connectivity index (χ2n) is 5.44. The molecule has 1 unspecified atom stereocenters. The van der Waals surface area contributed by atoms with E-state index in [-0.39, 0.29) is 5.90 Å². The molecule has 2 aromatic rings. The number of nitrogens with zero attached hydrogens (tertiary/aromatic N) is 2. The minimum absolute atomic E-state index is 0.302. The zero-order valence-electron chi connectivity index (χ0n) is 13.3. The van der Waals surface area contributed by atoms with Crippen molar-refractivity contribution in [3.8, 4) is 5.75 Å². The first-order valence-electron chi connectivity index (χ1n) is 7.47. The first kappa shape index (κ1) is 17.5. The molecule has 0 aliphatic carbocycles. The molecule has 2 aromatic carbocycles. The van der Waals surface area contributed by atoms with Crippen LogP contribution in [0.15, 0.2) is 54.1 Å². The number of rotatable bonds is 4. The predicted octanol–water partition coefficient (Wildman–Crippen LogP) is 4.21. The Labute approximate surface area is 146 Å². The highest BCUT2D eigenvalue weighted by molar-refractivity contribution is 5.98. The average Bonchev–Trinajstić information content (AvgIpc) is 2.60. The number of aliphatic hydroxyl groups excluding tert-OH is 1. The van der Waals surface area contributed by atoms with E-state index >= 15 is 0 Å². The molecule has 0 aromatic heterocycles. The lowest BCUT2D eigenvalue weighted by molar-refractivity contribution is -0.274. The number of alkyl halides is 3. The molecule has 26 heavy (non-hydrogen) atoms. The molecule has 1 aliphatic heterocycles. The third kappa shape index (κ3) is 3.39. The van der Waals surface area contributed by atoms with E-state index in [1.165, 1.54) is 17.1 Å². The molecule has 1 atom stereocenters. The number of ether oxygens (including phenoxy) is 1. The van der Waals surface area contributed by atoms with Gasteiger partial charge in [-0.15, -0.1) is 18.3 Å². The minimum atomic E-state index is -4.80. The van der Waals surface area contributed by atoms with Crippen LogP contribution in [0.4, 0.5) is 18.9 Å². The van der Waals surface area contributed by atoms with Crippen LogP contribution in [0.1, 0.15) is 22.7 Å². The number of carbonyl (C=O) groups excluding carboxylic acids is 1. The second-order valence-corrected chi connectivity index (χ2v) is 5.44. The van der Waals surface area contributed by atoms with Gasteiger partial charge in [0.2, 0.25) is 5.90 Å². The number of halogens is 3. The van der Waals surface area contributed by atoms with E-state index in [1.807, 2.05) is 0 Å². The summed E-state index contributed by atoms with van der Waals surface area (Å²) < 4.78 is 40.6. The second kappa shape index (κ2) is 6.55. The summed E-state index contributed by atoms with van der Waals surface area (Å²) in [5, 5.41) is 15.4. The fourth-order valence-corrected chi connectivity index (χ4v) is 2.66. The highest BCUT2D eigenvalue weighted by Crippen LogP contribution is 2.34. The molecule has 8 heteroatoms. The van der Waals surface area contributed by atoms with Gasteiger partial charge < -0.3 is 14.6 Å². The van der Waals surface area contributed by atoms with Gasteiger partial charge in [-0.2, -0.15) is 0 Å². The molecule has 3 rings (SSSR count). The van der Waals surface area contributed by atoms with Crippen LogP contribution < -0.4 is 9.75 Å². The van der Waals surface area contributed by atoms with Crippen LogP contribution in [0.3, 0.4) is 0 Å². The van der Waals surface area contributed by atoms with Gasteiger partial charge in [0, 0.05) is 5.56 Å². The minimum Gasteiger partial charge on any atom is -0.492 e. The number of hydrogen-bond acceptors (Lipinski definition) is 4. The van der Waals surface area contributed by atoms with Gasteiger partial charge in [-0.25, -0.2) is 5.01 Å². The largest absolute Gasteiger partial charge is 0.573 e. The van der Waals surface area contributed by atoms with Crippen LogP contribution in [0.2, 0.25) is 0 Å². The number of hydrogen-bond donors (Lipinski definition) is 1. The maximum Gasteiger partial charge on any atom is 0.573 e. The van der Waals surface area contributed by atoms with Gasteiger partial charge in [0.1, 0.15) is 18.1 Å². The summed E-state index contributed by atoms with van der Waals surface area (Å²) >= 11 is 0. The van der Waals surface area contributed by atoms with Crippen LogP contribution in [0, 0.1) is 0 Å². The summed E-state index contributed by atoms with van der Waals surface area (Å²) in [5.74, 6) is -0.701. The predicted molar refractivity (Wildman–Crippen MR) is 90.1 cm³/mol. The molecular formula is C18H13F3N2O3. The summed E-state index contributed by atoms with van der Waals surface area (Å²) in [7, 11) is 0. The van der Waals surface area contributed by atoms with Crippen LogP contribution in [0.25, 0.3) is 6.08 Å². The molecule has 0 fully saturated rings. The molecule has 134 valence electrons. The molecule has 0 saturated carbocycles. The Bertz CT molecular complexity index is 876. The Hall–Kier alpha value is -3.29. The zero-order valence-corrected chi connectivity index (χ0v) is 13.3. The van der Waals surface area contributed by atoms with E-state index in [1.54, 1.807) is 24.3 Å². The SMILES string of the molecule is C=Cc1ccc2c(c1)C(C=O)N(c1ccc(OC(F)(F)F)cc1)N=C2O. The van der Waals surface area contributed by atoms with Gasteiger partial charge >= 0.3 is 6.36 Å². The molecule has 0 saturated heterocycles. The van der Waals surface area contributed by atoms with Gasteiger partial charge in [0.05, 0.1) is 5.69 Å². The molecular weight excluding hydrogens is 349 g/mol. The van der Waals surface area contributed by atoms with Crippen LogP contribution >= 0.6 is 0 Å². The van der Waals surface area contributed by atoms with Gasteiger partial charge in [0.15, 0.2) is 0 Å². The molecule has 1 N–H and O–H groups in total. The average molecular weight is 362 g/mol. The third-order valence-electron chi connectivity index (χ3n) is 3.80. The molecule has 0 amide bonds. The lowest BCUT2D eigenvalue weighted by atomic mass is 9.96. The summed E-state index contributed by atoms with van der Waals surface area (Å²) in [6, 6.07) is 9.03. The van der Waals surface area contributed by atoms with Crippen molar-refractivity contribution in [2.75, 3.05) is 5.01 Å². The molecule has 1 heterocycles. The van der Waals surface area contributed by atoms with Crippen molar-refractivity contribution in [1.82, 2.24) is 0 Å². The van der Waals surface area contributed by atoms with Crippen molar-refractivity contribution >= 4 is 23.9 Å². The summed E-state index contributed by atoms with van der Waals surface area (Å²) in [6.45, 7) is 3.67. The number of carbonyl (C=O) groups is 1. The number of benzene rings is 2. The normalized spacial score (nSPS) is 16.5. The fourth-order valence-electron chi connectivity index (χ4n) is 2.66. The van der Waals surface area contributed by atoms with E-state index in [4.69, 9.17) is 0 Å². The Balaban J connectivity index is 1.98. The highest BCUT2D eigenvalue weighted by atomic mass is 19.4. The van der Waals surface area contributed by atoms with E-state index < -0.39 is 18.2 Å². The van der Waals surface area contributed by atoms with E-state index in [0.29, 0.717) is 23.1 Å². The van der Waals surface area contributed by atoms with Crippen LogP contribution in [-0.4, -0.2) is 23.7 Å². The summed E-state index contributed by atoms with van der Waals surface area (Å²) in [6.07, 6.45) is -2.56. The quantitative estimate of drug-likeness (QED) is 0.828. The van der Waals surface area contributed by atoms with Crippen molar-refractivity contribution in [3.63, 3.8) is 0 Å². The Morgan fingerprint density at radius 1 is 1.19 bits per heavy atom. The first-order valence-corrected chi connectivity index (χ1v) is 7.47. The molecule has 0 radical (unpaired) electrons. The molecule has 0 bridgehead atoms. The van der Waals surface area contributed by atoms with Gasteiger partial charge in [-0.05, 0) is 47.5 Å². The lowest BCUT2D eigenvalue weighted by Crippen LogP contribution is -2.32.